The molecule has 0 saturated heterocycles. The number of aromatic nitrogens is 3. The van der Waals surface area contributed by atoms with Crippen molar-refractivity contribution in [1.82, 2.24) is 15.0 Å². The number of benzene rings is 2. The maximum Gasteiger partial charge on any atom is 0.278 e. The molecule has 0 radical (unpaired) electrons. The lowest BCUT2D eigenvalue weighted by Gasteiger charge is -2.09. The molecule has 1 aromatic heterocycles. The van der Waals surface area contributed by atoms with Gasteiger partial charge in [0.15, 0.2) is 5.69 Å². The van der Waals surface area contributed by atoms with Gasteiger partial charge in [-0.1, -0.05) is 38.8 Å². The zero-order chi connectivity index (χ0) is 18.3. The minimum atomic E-state index is -0.500. The third-order valence-corrected chi connectivity index (χ3v) is 4.83. The summed E-state index contributed by atoms with van der Waals surface area (Å²) in [4.78, 5) is 12.7. The van der Waals surface area contributed by atoms with Crippen molar-refractivity contribution in [1.29, 1.82) is 0 Å². The zero-order valence-corrected chi connectivity index (χ0v) is 15.6. The number of hydrogen-bond donors (Lipinski definition) is 1. The minimum absolute atomic E-state index is 0.107. The van der Waals surface area contributed by atoms with Crippen molar-refractivity contribution in [3.63, 3.8) is 0 Å². The normalized spacial score (nSPS) is 13.7. The largest absolute Gasteiger partial charge is 0.318 e. The van der Waals surface area contributed by atoms with Gasteiger partial charge in [0.25, 0.3) is 5.91 Å². The van der Waals surface area contributed by atoms with E-state index in [2.05, 4.69) is 31.6 Å². The quantitative estimate of drug-likeness (QED) is 0.677. The lowest BCUT2D eigenvalue weighted by atomic mass is 10.2. The molecule has 1 amide bonds. The first-order valence-electron chi connectivity index (χ1n) is 8.32. The fourth-order valence-corrected chi connectivity index (χ4v) is 3.19. The number of carbonyl (C=O) groups is 1. The molecule has 3 aromatic rings. The highest BCUT2D eigenvalue weighted by molar-refractivity contribution is 9.10. The summed E-state index contributed by atoms with van der Waals surface area (Å²) in [5, 5.41) is 10.9. The first-order valence-corrected chi connectivity index (χ1v) is 9.11. The Morgan fingerprint density at radius 3 is 2.65 bits per heavy atom. The van der Waals surface area contributed by atoms with Gasteiger partial charge in [-0.05, 0) is 50.1 Å². The minimum Gasteiger partial charge on any atom is -0.318 e. The number of carbonyl (C=O) groups excluding carboxylic acids is 1. The van der Waals surface area contributed by atoms with Gasteiger partial charge in [0.05, 0.1) is 17.1 Å². The number of anilines is 1. The second kappa shape index (κ2) is 6.64. The van der Waals surface area contributed by atoms with Gasteiger partial charge in [0, 0.05) is 10.4 Å². The van der Waals surface area contributed by atoms with E-state index in [1.807, 2.05) is 31.2 Å². The first kappa shape index (κ1) is 16.9. The highest BCUT2D eigenvalue weighted by Gasteiger charge is 2.34. The molecule has 0 atom stereocenters. The van der Waals surface area contributed by atoms with Crippen molar-refractivity contribution in [2.45, 2.75) is 25.7 Å². The van der Waals surface area contributed by atoms with Crippen molar-refractivity contribution in [3.8, 4) is 5.69 Å². The monoisotopic (exact) mass is 414 g/mol. The van der Waals surface area contributed by atoms with Gasteiger partial charge in [-0.2, -0.15) is 0 Å². The number of amides is 1. The van der Waals surface area contributed by atoms with Crippen molar-refractivity contribution in [3.05, 3.63) is 69.7 Å². The molecule has 1 aliphatic carbocycles. The molecule has 26 heavy (non-hydrogen) atoms. The van der Waals surface area contributed by atoms with E-state index in [4.69, 9.17) is 0 Å². The third kappa shape index (κ3) is 3.26. The number of nitrogens with zero attached hydrogens (tertiary/aromatic N) is 3. The maximum atomic E-state index is 13.9. The summed E-state index contributed by atoms with van der Waals surface area (Å²) >= 11 is 3.28. The topological polar surface area (TPSA) is 59.8 Å². The SMILES string of the molecule is Cc1ccc(-n2nnc(C(=O)Nc3cc(Br)ccc3F)c2C2CC2)cc1. The van der Waals surface area contributed by atoms with Crippen molar-refractivity contribution in [2.24, 2.45) is 0 Å². The molecule has 4 rings (SSSR count). The molecule has 1 saturated carbocycles. The second-order valence-corrected chi connectivity index (χ2v) is 7.34. The van der Waals surface area contributed by atoms with Crippen LogP contribution in [0, 0.1) is 12.7 Å². The summed E-state index contributed by atoms with van der Waals surface area (Å²) in [5.74, 6) is -0.706. The predicted octanol–water partition coefficient (Wildman–Crippen LogP) is 4.61. The lowest BCUT2D eigenvalue weighted by molar-refractivity contribution is 0.102. The average molecular weight is 415 g/mol. The molecule has 2 aromatic carbocycles. The smallest absolute Gasteiger partial charge is 0.278 e. The molecule has 7 heteroatoms. The Hall–Kier alpha value is -2.54. The van der Waals surface area contributed by atoms with E-state index in [1.54, 1.807) is 10.7 Å². The average Bonchev–Trinajstić information content (AvgIpc) is 3.37. The van der Waals surface area contributed by atoms with Crippen LogP contribution in [0.1, 0.15) is 40.5 Å². The number of nitrogens with one attached hydrogen (secondary N) is 1. The molecule has 1 aliphatic rings. The van der Waals surface area contributed by atoms with E-state index in [0.29, 0.717) is 4.47 Å². The second-order valence-electron chi connectivity index (χ2n) is 6.42. The highest BCUT2D eigenvalue weighted by atomic mass is 79.9. The number of aryl methyl sites for hydroxylation is 1. The Morgan fingerprint density at radius 1 is 1.23 bits per heavy atom. The molecule has 132 valence electrons. The van der Waals surface area contributed by atoms with Crippen LogP contribution in [0.4, 0.5) is 10.1 Å². The summed E-state index contributed by atoms with van der Waals surface area (Å²) in [6.07, 6.45) is 1.98. The van der Waals surface area contributed by atoms with Crippen LogP contribution in [0.5, 0.6) is 0 Å². The Balaban J connectivity index is 1.69. The van der Waals surface area contributed by atoms with Crippen LogP contribution in [-0.4, -0.2) is 20.9 Å². The molecular weight excluding hydrogens is 399 g/mol. The van der Waals surface area contributed by atoms with E-state index in [-0.39, 0.29) is 17.3 Å². The van der Waals surface area contributed by atoms with Gasteiger partial charge in [-0.3, -0.25) is 4.79 Å². The predicted molar refractivity (Wildman–Crippen MR) is 100 cm³/mol. The van der Waals surface area contributed by atoms with Crippen LogP contribution in [0.2, 0.25) is 0 Å². The third-order valence-electron chi connectivity index (χ3n) is 4.34. The number of hydrogen-bond acceptors (Lipinski definition) is 3. The lowest BCUT2D eigenvalue weighted by Crippen LogP contribution is -2.16. The highest BCUT2D eigenvalue weighted by Crippen LogP contribution is 2.42. The van der Waals surface area contributed by atoms with E-state index >= 15 is 0 Å². The van der Waals surface area contributed by atoms with Gasteiger partial charge in [0.2, 0.25) is 0 Å². The molecule has 0 unspecified atom stereocenters. The van der Waals surface area contributed by atoms with Crippen LogP contribution in [0.25, 0.3) is 5.69 Å². The van der Waals surface area contributed by atoms with Gasteiger partial charge in [-0.15, -0.1) is 5.10 Å². The summed E-state index contributed by atoms with van der Waals surface area (Å²) in [6, 6.07) is 12.3. The standard InChI is InChI=1S/C19H16BrFN4O/c1-11-2-7-14(8-3-11)25-18(12-4-5-12)17(23-24-25)19(26)22-16-10-13(20)6-9-15(16)21/h2-3,6-10,12H,4-5H2,1H3,(H,22,26). The van der Waals surface area contributed by atoms with E-state index in [1.165, 1.54) is 12.1 Å². The zero-order valence-electron chi connectivity index (χ0n) is 14.0. The van der Waals surface area contributed by atoms with Crippen LogP contribution < -0.4 is 5.32 Å². The number of halogens is 2. The number of rotatable bonds is 4. The van der Waals surface area contributed by atoms with Crippen molar-refractivity contribution >= 4 is 27.5 Å². The Labute approximate surface area is 158 Å². The van der Waals surface area contributed by atoms with Gasteiger partial charge < -0.3 is 5.32 Å². The van der Waals surface area contributed by atoms with Gasteiger partial charge >= 0.3 is 0 Å². The summed E-state index contributed by atoms with van der Waals surface area (Å²) in [7, 11) is 0. The van der Waals surface area contributed by atoms with Crippen LogP contribution >= 0.6 is 15.9 Å². The summed E-state index contributed by atoms with van der Waals surface area (Å²) < 4.78 is 16.3. The first-order chi connectivity index (χ1) is 12.5. The molecule has 0 bridgehead atoms. The Kier molecular flexibility index (Phi) is 4.32. The molecule has 0 spiro atoms. The van der Waals surface area contributed by atoms with Gasteiger partial charge in [-0.25, -0.2) is 9.07 Å². The van der Waals surface area contributed by atoms with Gasteiger partial charge in [0.1, 0.15) is 5.82 Å². The molecule has 1 heterocycles. The fourth-order valence-electron chi connectivity index (χ4n) is 2.83. The van der Waals surface area contributed by atoms with Crippen LogP contribution in [0.3, 0.4) is 0 Å². The molecule has 0 aliphatic heterocycles. The molecular formula is C19H16BrFN4O. The van der Waals surface area contributed by atoms with E-state index in [9.17, 15) is 9.18 Å². The molecule has 5 nitrogen and oxygen atoms in total. The van der Waals surface area contributed by atoms with Crippen LogP contribution in [0.15, 0.2) is 46.9 Å². The Bertz CT molecular complexity index is 980. The van der Waals surface area contributed by atoms with Crippen LogP contribution in [-0.2, 0) is 0 Å². The Morgan fingerprint density at radius 2 is 1.96 bits per heavy atom. The van der Waals surface area contributed by atoms with Crippen molar-refractivity contribution in [2.75, 3.05) is 5.32 Å². The summed E-state index contributed by atoms with van der Waals surface area (Å²) in [6.45, 7) is 2.01. The van der Waals surface area contributed by atoms with Crippen molar-refractivity contribution < 1.29 is 9.18 Å². The fraction of sp³-hybridized carbons (Fsp3) is 0.211. The molecule has 1 N–H and O–H groups in total. The van der Waals surface area contributed by atoms with E-state index < -0.39 is 11.7 Å². The molecule has 1 fully saturated rings. The maximum absolute atomic E-state index is 13.9. The van der Waals surface area contributed by atoms with E-state index in [0.717, 1.165) is 29.8 Å². The summed E-state index contributed by atoms with van der Waals surface area (Å²) in [5.41, 5.74) is 3.13.